The quantitative estimate of drug-likeness (QED) is 0.160. The molecular formula is C62H42N4. The van der Waals surface area contributed by atoms with E-state index in [1.807, 2.05) is 48.8 Å². The lowest BCUT2D eigenvalue weighted by atomic mass is 9.68. The molecular weight excluding hydrogens is 801 g/mol. The molecule has 0 saturated carbocycles. The van der Waals surface area contributed by atoms with E-state index in [1.54, 1.807) is 0 Å². The molecule has 10 aromatic rings. The molecule has 1 atom stereocenters. The SMILES string of the molecule is CC1(C)c2cc(C#N)ccc2-c2ccc(-c3cc(-c4ccc5c(c4)C(c4ccccc4)(c4cccnc4)c4ccccc4-5)cc(-c4cc(-c5ccccc5)nc(-c5ccccc5)n4)c3)cc21. The average Bonchev–Trinajstić information content (AvgIpc) is 3.81. The molecule has 0 bridgehead atoms. The van der Waals surface area contributed by atoms with Crippen LogP contribution in [-0.2, 0) is 10.8 Å². The fourth-order valence-electron chi connectivity index (χ4n) is 10.7. The van der Waals surface area contributed by atoms with E-state index in [4.69, 9.17) is 15.0 Å². The van der Waals surface area contributed by atoms with Gasteiger partial charge in [-0.25, -0.2) is 9.97 Å². The van der Waals surface area contributed by atoms with Gasteiger partial charge in [-0.05, 0) is 132 Å². The number of benzene rings is 8. The highest BCUT2D eigenvalue weighted by molar-refractivity contribution is 5.91. The number of nitriles is 1. The third kappa shape index (κ3) is 6.16. The molecule has 66 heavy (non-hydrogen) atoms. The molecule has 1 unspecified atom stereocenters. The molecule has 8 aromatic carbocycles. The van der Waals surface area contributed by atoms with Crippen molar-refractivity contribution in [1.82, 2.24) is 15.0 Å². The molecule has 0 radical (unpaired) electrons. The lowest BCUT2D eigenvalue weighted by Crippen LogP contribution is -2.28. The maximum atomic E-state index is 9.83. The van der Waals surface area contributed by atoms with Crippen LogP contribution in [0.25, 0.3) is 78.4 Å². The van der Waals surface area contributed by atoms with Crippen molar-refractivity contribution >= 4 is 0 Å². The molecule has 4 nitrogen and oxygen atoms in total. The van der Waals surface area contributed by atoms with Gasteiger partial charge < -0.3 is 0 Å². The summed E-state index contributed by atoms with van der Waals surface area (Å²) in [5.74, 6) is 0.673. The Kier molecular flexibility index (Phi) is 9.08. The summed E-state index contributed by atoms with van der Waals surface area (Å²) in [6.45, 7) is 4.54. The smallest absolute Gasteiger partial charge is 0.160 e. The number of hydrogen-bond donors (Lipinski definition) is 0. The summed E-state index contributed by atoms with van der Waals surface area (Å²) in [6, 6.07) is 76.0. The van der Waals surface area contributed by atoms with Gasteiger partial charge in [0.25, 0.3) is 0 Å². The van der Waals surface area contributed by atoms with Crippen molar-refractivity contribution in [3.63, 3.8) is 0 Å². The Balaban J connectivity index is 1.10. The Morgan fingerprint density at radius 1 is 0.394 bits per heavy atom. The topological polar surface area (TPSA) is 62.5 Å². The lowest BCUT2D eigenvalue weighted by molar-refractivity contribution is 0.660. The van der Waals surface area contributed by atoms with Gasteiger partial charge in [0.2, 0.25) is 0 Å². The van der Waals surface area contributed by atoms with Crippen LogP contribution in [0.5, 0.6) is 0 Å². The zero-order valence-electron chi connectivity index (χ0n) is 36.6. The third-order valence-electron chi connectivity index (χ3n) is 13.9. The van der Waals surface area contributed by atoms with Crippen LogP contribution in [0.3, 0.4) is 0 Å². The molecule has 310 valence electrons. The van der Waals surface area contributed by atoms with Crippen molar-refractivity contribution in [2.45, 2.75) is 24.7 Å². The Morgan fingerprint density at radius 3 is 1.59 bits per heavy atom. The van der Waals surface area contributed by atoms with E-state index >= 15 is 0 Å². The van der Waals surface area contributed by atoms with E-state index < -0.39 is 5.41 Å². The minimum atomic E-state index is -0.592. The largest absolute Gasteiger partial charge is 0.264 e. The molecule has 0 N–H and O–H groups in total. The van der Waals surface area contributed by atoms with E-state index in [0.29, 0.717) is 11.4 Å². The standard InChI is InChI=1S/C62H42N4/c1-61(2)55-31-40(38-63)24-27-51(55)52-28-25-43(35-56(52)61)45-32-46(34-47(33-45)59-37-58(41-15-6-3-7-16-41)65-60(66-59)42-17-8-4-9-18-42)44-26-29-53-50-22-12-13-23-54(50)62(57(53)36-44,48-19-10-5-11-20-48)49-21-14-30-64-39-49/h3-37,39H,1-2H3. The predicted molar refractivity (Wildman–Crippen MR) is 267 cm³/mol. The van der Waals surface area contributed by atoms with Crippen molar-refractivity contribution in [3.05, 3.63) is 258 Å². The molecule has 12 rings (SSSR count). The maximum absolute atomic E-state index is 9.83. The highest BCUT2D eigenvalue weighted by Gasteiger charge is 2.46. The molecule has 0 saturated heterocycles. The minimum Gasteiger partial charge on any atom is -0.264 e. The number of aromatic nitrogens is 3. The van der Waals surface area contributed by atoms with E-state index in [9.17, 15) is 5.26 Å². The maximum Gasteiger partial charge on any atom is 0.160 e. The zero-order valence-corrected chi connectivity index (χ0v) is 36.6. The van der Waals surface area contributed by atoms with E-state index in [1.165, 1.54) is 50.1 Å². The van der Waals surface area contributed by atoms with Crippen LogP contribution in [0.4, 0.5) is 0 Å². The number of nitrogens with zero attached hydrogens (tertiary/aromatic N) is 4. The third-order valence-corrected chi connectivity index (χ3v) is 13.9. The van der Waals surface area contributed by atoms with Crippen molar-refractivity contribution in [2.24, 2.45) is 0 Å². The normalized spacial score (nSPS) is 15.0. The molecule has 2 heterocycles. The molecule has 0 amide bonds. The number of hydrogen-bond acceptors (Lipinski definition) is 4. The van der Waals surface area contributed by atoms with Crippen molar-refractivity contribution in [2.75, 3.05) is 0 Å². The molecule has 0 fully saturated rings. The van der Waals surface area contributed by atoms with E-state index in [2.05, 4.69) is 190 Å². The fraction of sp³-hybridized carbons (Fsp3) is 0.0645. The van der Waals surface area contributed by atoms with Gasteiger partial charge >= 0.3 is 0 Å². The second-order valence-corrected chi connectivity index (χ2v) is 17.9. The van der Waals surface area contributed by atoms with Gasteiger partial charge in [0, 0.05) is 34.5 Å². The van der Waals surface area contributed by atoms with Gasteiger partial charge in [0.15, 0.2) is 5.82 Å². The first-order valence-electron chi connectivity index (χ1n) is 22.5. The van der Waals surface area contributed by atoms with Crippen molar-refractivity contribution in [3.8, 4) is 84.5 Å². The van der Waals surface area contributed by atoms with Crippen LogP contribution in [0.2, 0.25) is 0 Å². The number of rotatable bonds is 7. The summed E-state index contributed by atoms with van der Waals surface area (Å²) < 4.78 is 0. The van der Waals surface area contributed by atoms with Gasteiger partial charge in [0.05, 0.1) is 28.4 Å². The molecule has 2 aromatic heterocycles. The predicted octanol–water partition coefficient (Wildman–Crippen LogP) is 14.7. The molecule has 2 aliphatic carbocycles. The first-order chi connectivity index (χ1) is 32.4. The summed E-state index contributed by atoms with van der Waals surface area (Å²) in [4.78, 5) is 15.2. The lowest BCUT2D eigenvalue weighted by Gasteiger charge is -2.33. The molecule has 2 aliphatic rings. The molecule has 4 heteroatoms. The molecule has 0 spiro atoms. The number of fused-ring (bicyclic) bond motifs is 6. The fourth-order valence-corrected chi connectivity index (χ4v) is 10.7. The van der Waals surface area contributed by atoms with Crippen LogP contribution in [0.1, 0.15) is 52.8 Å². The Hall–Kier alpha value is -8.52. The average molecular weight is 843 g/mol. The van der Waals surface area contributed by atoms with Gasteiger partial charge in [-0.1, -0.05) is 166 Å². The van der Waals surface area contributed by atoms with Gasteiger partial charge in [-0.2, -0.15) is 5.26 Å². The first-order valence-corrected chi connectivity index (χ1v) is 22.5. The van der Waals surface area contributed by atoms with Gasteiger partial charge in [0.1, 0.15) is 0 Å². The summed E-state index contributed by atoms with van der Waals surface area (Å²) in [6.07, 6.45) is 3.89. The van der Waals surface area contributed by atoms with Crippen molar-refractivity contribution in [1.29, 1.82) is 5.26 Å². The monoisotopic (exact) mass is 842 g/mol. The second-order valence-electron chi connectivity index (χ2n) is 17.9. The summed E-state index contributed by atoms with van der Waals surface area (Å²) in [5, 5.41) is 9.83. The highest BCUT2D eigenvalue weighted by Crippen LogP contribution is 2.57. The number of pyridine rings is 1. The van der Waals surface area contributed by atoms with Gasteiger partial charge in [-0.15, -0.1) is 0 Å². The van der Waals surface area contributed by atoms with Crippen molar-refractivity contribution < 1.29 is 0 Å². The van der Waals surface area contributed by atoms with Crippen LogP contribution < -0.4 is 0 Å². The summed E-state index contributed by atoms with van der Waals surface area (Å²) in [7, 11) is 0. The van der Waals surface area contributed by atoms with Crippen LogP contribution >= 0.6 is 0 Å². The molecule has 0 aliphatic heterocycles. The minimum absolute atomic E-state index is 0.294. The first kappa shape index (κ1) is 39.1. The summed E-state index contributed by atoms with van der Waals surface area (Å²) in [5.41, 5.74) is 20.9. The highest BCUT2D eigenvalue weighted by atomic mass is 14.9. The summed E-state index contributed by atoms with van der Waals surface area (Å²) >= 11 is 0. The van der Waals surface area contributed by atoms with Gasteiger partial charge in [-0.3, -0.25) is 4.98 Å². The van der Waals surface area contributed by atoms with E-state index in [-0.39, 0.29) is 5.41 Å². The Labute approximate surface area is 385 Å². The second kappa shape index (κ2) is 15.3. The van der Waals surface area contributed by atoms with Crippen LogP contribution in [0.15, 0.2) is 219 Å². The van der Waals surface area contributed by atoms with Crippen LogP contribution in [-0.4, -0.2) is 15.0 Å². The van der Waals surface area contributed by atoms with Crippen LogP contribution in [0, 0.1) is 11.3 Å². The Bertz CT molecular complexity index is 3460. The Morgan fingerprint density at radius 2 is 0.924 bits per heavy atom. The zero-order chi connectivity index (χ0) is 44.4. The van der Waals surface area contributed by atoms with E-state index in [0.717, 1.165) is 55.9 Å².